The van der Waals surface area contributed by atoms with E-state index in [0.717, 1.165) is 6.42 Å². The monoisotopic (exact) mass is 207 g/mol. The van der Waals surface area contributed by atoms with Crippen LogP contribution in [0.25, 0.3) is 5.78 Å². The van der Waals surface area contributed by atoms with E-state index in [4.69, 9.17) is 5.73 Å². The van der Waals surface area contributed by atoms with E-state index < -0.39 is 0 Å². The maximum Gasteiger partial charge on any atom is 0.297 e. The molecule has 0 radical (unpaired) electrons. The summed E-state index contributed by atoms with van der Waals surface area (Å²) < 4.78 is 1.27. The van der Waals surface area contributed by atoms with E-state index in [-0.39, 0.29) is 11.2 Å². The van der Waals surface area contributed by atoms with Gasteiger partial charge < -0.3 is 5.73 Å². The zero-order valence-electron chi connectivity index (χ0n) is 8.74. The molecule has 0 unspecified atom stereocenters. The average Bonchev–Trinajstić information content (AvgIpc) is 2.56. The van der Waals surface area contributed by atoms with Gasteiger partial charge in [0.05, 0.1) is 5.69 Å². The van der Waals surface area contributed by atoms with E-state index in [9.17, 15) is 4.79 Å². The number of hydrogen-bond donors (Lipinski definition) is 2. The summed E-state index contributed by atoms with van der Waals surface area (Å²) in [6, 6.07) is 0. The lowest BCUT2D eigenvalue weighted by Crippen LogP contribution is -2.21. The molecule has 0 fully saturated rings. The summed E-state index contributed by atoms with van der Waals surface area (Å²) in [7, 11) is 0. The lowest BCUT2D eigenvalue weighted by molar-refractivity contribution is 0.838. The number of nitrogens with zero attached hydrogens (tertiary/aromatic N) is 3. The van der Waals surface area contributed by atoms with Gasteiger partial charge in [-0.25, -0.2) is 4.98 Å². The third kappa shape index (κ3) is 1.47. The Labute approximate surface area is 86.1 Å². The highest BCUT2D eigenvalue weighted by atomic mass is 16.1. The predicted molar refractivity (Wildman–Crippen MR) is 56.8 cm³/mol. The molecule has 3 N–H and O–H groups in total. The Balaban J connectivity index is 2.76. The molecule has 2 aromatic rings. The molecule has 80 valence electrons. The van der Waals surface area contributed by atoms with Crippen LogP contribution in [0.5, 0.6) is 0 Å². The van der Waals surface area contributed by atoms with Gasteiger partial charge in [0.1, 0.15) is 11.5 Å². The van der Waals surface area contributed by atoms with Crippen molar-refractivity contribution < 1.29 is 0 Å². The lowest BCUT2D eigenvalue weighted by Gasteiger charge is -2.01. The highest BCUT2D eigenvalue weighted by Crippen LogP contribution is 2.07. The van der Waals surface area contributed by atoms with Gasteiger partial charge in [-0.2, -0.15) is 9.50 Å². The van der Waals surface area contributed by atoms with Crippen molar-refractivity contribution >= 4 is 11.5 Å². The van der Waals surface area contributed by atoms with Crippen molar-refractivity contribution in [3.05, 3.63) is 21.9 Å². The molecule has 0 aliphatic rings. The first-order valence-electron chi connectivity index (χ1n) is 4.87. The SMILES string of the molecule is CCCc1nc2nc(C)[nH]n2c(=O)c1N. The van der Waals surface area contributed by atoms with Crippen LogP contribution < -0.4 is 11.3 Å². The second-order valence-corrected chi connectivity index (χ2v) is 3.47. The van der Waals surface area contributed by atoms with Crippen molar-refractivity contribution in [2.24, 2.45) is 0 Å². The topological polar surface area (TPSA) is 89.1 Å². The van der Waals surface area contributed by atoms with Gasteiger partial charge in [-0.05, 0) is 13.3 Å². The first-order chi connectivity index (χ1) is 7.13. The predicted octanol–water partition coefficient (Wildman–Crippen LogP) is 0.261. The Morgan fingerprint density at radius 3 is 2.87 bits per heavy atom. The number of aromatic nitrogens is 4. The van der Waals surface area contributed by atoms with Gasteiger partial charge in [0.15, 0.2) is 0 Å². The van der Waals surface area contributed by atoms with Crippen molar-refractivity contribution in [1.82, 2.24) is 19.6 Å². The molecule has 0 bridgehead atoms. The Kier molecular flexibility index (Phi) is 2.18. The van der Waals surface area contributed by atoms with E-state index in [1.807, 2.05) is 6.92 Å². The van der Waals surface area contributed by atoms with Crippen LogP contribution in [0.15, 0.2) is 4.79 Å². The maximum atomic E-state index is 11.8. The van der Waals surface area contributed by atoms with Gasteiger partial charge in [-0.15, -0.1) is 0 Å². The molecular formula is C9H13N5O. The van der Waals surface area contributed by atoms with Gasteiger partial charge in [0.25, 0.3) is 11.3 Å². The minimum atomic E-state index is -0.274. The molecule has 6 nitrogen and oxygen atoms in total. The van der Waals surface area contributed by atoms with E-state index in [0.29, 0.717) is 23.7 Å². The molecule has 0 saturated carbocycles. The lowest BCUT2D eigenvalue weighted by atomic mass is 10.2. The highest BCUT2D eigenvalue weighted by Gasteiger charge is 2.11. The largest absolute Gasteiger partial charge is 0.393 e. The van der Waals surface area contributed by atoms with Crippen molar-refractivity contribution in [3.8, 4) is 0 Å². The van der Waals surface area contributed by atoms with E-state index in [1.54, 1.807) is 6.92 Å². The Bertz CT molecular complexity index is 553. The number of aryl methyl sites for hydroxylation is 2. The molecule has 0 amide bonds. The van der Waals surface area contributed by atoms with Crippen molar-refractivity contribution in [2.75, 3.05) is 5.73 Å². The van der Waals surface area contributed by atoms with Crippen molar-refractivity contribution in [1.29, 1.82) is 0 Å². The number of hydrogen-bond acceptors (Lipinski definition) is 4. The molecule has 2 heterocycles. The van der Waals surface area contributed by atoms with Crippen molar-refractivity contribution in [3.63, 3.8) is 0 Å². The zero-order chi connectivity index (χ0) is 11.0. The Morgan fingerprint density at radius 1 is 1.47 bits per heavy atom. The normalized spacial score (nSPS) is 11.1. The summed E-state index contributed by atoms with van der Waals surface area (Å²) in [5.74, 6) is 1.03. The molecule has 0 saturated heterocycles. The van der Waals surface area contributed by atoms with Crippen LogP contribution >= 0.6 is 0 Å². The number of nitrogen functional groups attached to an aromatic ring is 1. The third-order valence-electron chi connectivity index (χ3n) is 2.21. The van der Waals surface area contributed by atoms with Crippen LogP contribution in [0, 0.1) is 6.92 Å². The number of H-pyrrole nitrogens is 1. The third-order valence-corrected chi connectivity index (χ3v) is 2.21. The van der Waals surface area contributed by atoms with E-state index >= 15 is 0 Å². The van der Waals surface area contributed by atoms with Gasteiger partial charge in [0, 0.05) is 0 Å². The summed E-state index contributed by atoms with van der Waals surface area (Å²) >= 11 is 0. The van der Waals surface area contributed by atoms with Crippen LogP contribution in [-0.2, 0) is 6.42 Å². The second-order valence-electron chi connectivity index (χ2n) is 3.47. The fourth-order valence-electron chi connectivity index (χ4n) is 1.51. The number of anilines is 1. The molecule has 15 heavy (non-hydrogen) atoms. The summed E-state index contributed by atoms with van der Waals surface area (Å²) in [6.07, 6.45) is 1.60. The smallest absolute Gasteiger partial charge is 0.297 e. The highest BCUT2D eigenvalue weighted by molar-refractivity contribution is 5.45. The molecule has 0 aliphatic heterocycles. The van der Waals surface area contributed by atoms with E-state index in [1.165, 1.54) is 4.52 Å². The second kappa shape index (κ2) is 3.38. The van der Waals surface area contributed by atoms with Crippen LogP contribution in [0.1, 0.15) is 24.9 Å². The summed E-state index contributed by atoms with van der Waals surface area (Å²) in [4.78, 5) is 20.1. The van der Waals surface area contributed by atoms with Gasteiger partial charge in [-0.3, -0.25) is 9.89 Å². The Morgan fingerprint density at radius 2 is 2.20 bits per heavy atom. The molecule has 0 atom stereocenters. The van der Waals surface area contributed by atoms with Gasteiger partial charge in [-0.1, -0.05) is 13.3 Å². The first kappa shape index (κ1) is 9.70. The number of nitrogens with two attached hydrogens (primary N) is 1. The fraction of sp³-hybridized carbons (Fsp3) is 0.444. The molecule has 2 rings (SSSR count). The molecule has 0 spiro atoms. The van der Waals surface area contributed by atoms with Crippen molar-refractivity contribution in [2.45, 2.75) is 26.7 Å². The number of nitrogens with one attached hydrogen (secondary N) is 1. The standard InChI is InChI=1S/C9H13N5O/c1-3-4-6-7(10)8(15)14-9(12-6)11-5(2)13-14/h3-4,10H2,1-2H3,(H,11,12,13). The fourth-order valence-corrected chi connectivity index (χ4v) is 1.51. The maximum absolute atomic E-state index is 11.8. The Hall–Kier alpha value is -1.85. The minimum Gasteiger partial charge on any atom is -0.393 e. The van der Waals surface area contributed by atoms with Crippen LogP contribution in [0.3, 0.4) is 0 Å². The number of aromatic amines is 1. The van der Waals surface area contributed by atoms with Crippen LogP contribution in [0.2, 0.25) is 0 Å². The number of fused-ring (bicyclic) bond motifs is 1. The number of rotatable bonds is 2. The van der Waals surface area contributed by atoms with E-state index in [2.05, 4.69) is 15.1 Å². The molecular weight excluding hydrogens is 194 g/mol. The van der Waals surface area contributed by atoms with Gasteiger partial charge in [0.2, 0.25) is 0 Å². The van der Waals surface area contributed by atoms with Crippen LogP contribution in [0.4, 0.5) is 5.69 Å². The summed E-state index contributed by atoms with van der Waals surface area (Å²) in [6.45, 7) is 3.78. The van der Waals surface area contributed by atoms with Crippen LogP contribution in [-0.4, -0.2) is 19.6 Å². The molecule has 6 heteroatoms. The molecule has 0 aromatic carbocycles. The minimum absolute atomic E-state index is 0.206. The van der Waals surface area contributed by atoms with Gasteiger partial charge >= 0.3 is 0 Å². The summed E-state index contributed by atoms with van der Waals surface area (Å²) in [5.41, 5.74) is 6.27. The zero-order valence-corrected chi connectivity index (χ0v) is 8.74. The first-order valence-corrected chi connectivity index (χ1v) is 4.87. The molecule has 0 aliphatic carbocycles. The summed E-state index contributed by atoms with van der Waals surface area (Å²) in [5, 5.41) is 2.79. The molecule has 2 aromatic heterocycles. The average molecular weight is 207 g/mol. The quantitative estimate of drug-likeness (QED) is 0.739.